The highest BCUT2D eigenvalue weighted by Crippen LogP contribution is 2.16. The number of aromatic nitrogens is 2. The van der Waals surface area contributed by atoms with E-state index in [1.165, 1.54) is 0 Å². The van der Waals surface area contributed by atoms with Crippen LogP contribution in [0.2, 0.25) is 0 Å². The second-order valence-electron chi connectivity index (χ2n) is 2.86. The quantitative estimate of drug-likeness (QED) is 0.662. The van der Waals surface area contributed by atoms with E-state index in [1.807, 2.05) is 25.1 Å². The van der Waals surface area contributed by atoms with Crippen molar-refractivity contribution in [2.24, 2.45) is 0 Å². The number of nitrogens with zero attached hydrogens (tertiary/aromatic N) is 2. The maximum atomic E-state index is 4.99. The van der Waals surface area contributed by atoms with Crippen LogP contribution in [0.5, 0.6) is 5.88 Å². The number of para-hydroxylation sites is 1. The van der Waals surface area contributed by atoms with Crippen LogP contribution < -0.4 is 4.74 Å². The van der Waals surface area contributed by atoms with E-state index < -0.39 is 0 Å². The van der Waals surface area contributed by atoms with E-state index in [0.717, 1.165) is 16.6 Å². The molecule has 3 heteroatoms. The Morgan fingerprint density at radius 1 is 1.31 bits per heavy atom. The van der Waals surface area contributed by atoms with Crippen LogP contribution in [0.15, 0.2) is 24.4 Å². The molecule has 1 aromatic carbocycles. The van der Waals surface area contributed by atoms with Crippen LogP contribution in [0.25, 0.3) is 11.0 Å². The summed E-state index contributed by atoms with van der Waals surface area (Å²) in [6, 6.07) is 5.91. The summed E-state index contributed by atoms with van der Waals surface area (Å²) in [7, 11) is 1.59. The van der Waals surface area contributed by atoms with E-state index in [2.05, 4.69) is 9.97 Å². The molecule has 0 saturated heterocycles. The Morgan fingerprint density at radius 3 is 2.92 bits per heavy atom. The fourth-order valence-electron chi connectivity index (χ4n) is 1.27. The van der Waals surface area contributed by atoms with Gasteiger partial charge >= 0.3 is 0 Å². The number of benzene rings is 1. The maximum Gasteiger partial charge on any atom is 0.232 e. The molecular weight excluding hydrogens is 164 g/mol. The first kappa shape index (κ1) is 7.98. The highest BCUT2D eigenvalue weighted by molar-refractivity contribution is 5.77. The average Bonchev–Trinajstić information content (AvgIpc) is 2.18. The number of ether oxygens (including phenoxy) is 1. The molecule has 0 saturated carbocycles. The van der Waals surface area contributed by atoms with Gasteiger partial charge in [0, 0.05) is 0 Å². The lowest BCUT2D eigenvalue weighted by molar-refractivity contribution is 0.397. The van der Waals surface area contributed by atoms with Crippen LogP contribution in [-0.4, -0.2) is 17.1 Å². The van der Waals surface area contributed by atoms with Gasteiger partial charge in [-0.1, -0.05) is 12.1 Å². The first-order valence-corrected chi connectivity index (χ1v) is 4.07. The van der Waals surface area contributed by atoms with Crippen LogP contribution in [0.3, 0.4) is 0 Å². The van der Waals surface area contributed by atoms with Crippen LogP contribution in [0.1, 0.15) is 5.56 Å². The molecule has 0 unspecified atom stereocenters. The first-order chi connectivity index (χ1) is 6.31. The van der Waals surface area contributed by atoms with Crippen molar-refractivity contribution in [3.63, 3.8) is 0 Å². The first-order valence-electron chi connectivity index (χ1n) is 4.07. The Morgan fingerprint density at radius 2 is 2.15 bits per heavy atom. The van der Waals surface area contributed by atoms with Crippen molar-refractivity contribution in [3.05, 3.63) is 30.0 Å². The second-order valence-corrected chi connectivity index (χ2v) is 2.86. The summed E-state index contributed by atoms with van der Waals surface area (Å²) in [5.41, 5.74) is 2.94. The Hall–Kier alpha value is -1.64. The number of hydrogen-bond donors (Lipinski definition) is 0. The predicted octanol–water partition coefficient (Wildman–Crippen LogP) is 1.95. The van der Waals surface area contributed by atoms with Crippen molar-refractivity contribution >= 4 is 11.0 Å². The maximum absolute atomic E-state index is 4.99. The number of rotatable bonds is 1. The number of fused-ring (bicyclic) bond motifs is 1. The summed E-state index contributed by atoms with van der Waals surface area (Å²) in [5.74, 6) is 0.554. The van der Waals surface area contributed by atoms with Crippen LogP contribution in [0.4, 0.5) is 0 Å². The third kappa shape index (κ3) is 1.33. The molecule has 13 heavy (non-hydrogen) atoms. The van der Waals surface area contributed by atoms with E-state index in [4.69, 9.17) is 4.74 Å². The molecule has 2 rings (SSSR count). The molecule has 1 heterocycles. The molecule has 0 amide bonds. The zero-order valence-corrected chi connectivity index (χ0v) is 7.61. The lowest BCUT2D eigenvalue weighted by Gasteiger charge is -2.01. The minimum absolute atomic E-state index is 0.554. The van der Waals surface area contributed by atoms with Crippen molar-refractivity contribution in [3.8, 4) is 5.88 Å². The van der Waals surface area contributed by atoms with Crippen LogP contribution in [-0.2, 0) is 0 Å². The monoisotopic (exact) mass is 174 g/mol. The highest BCUT2D eigenvalue weighted by Gasteiger charge is 2.00. The van der Waals surface area contributed by atoms with Crippen LogP contribution in [0, 0.1) is 6.92 Å². The smallest absolute Gasteiger partial charge is 0.232 e. The Bertz CT molecular complexity index is 440. The van der Waals surface area contributed by atoms with Crippen molar-refractivity contribution in [2.45, 2.75) is 6.92 Å². The lowest BCUT2D eigenvalue weighted by Crippen LogP contribution is -1.91. The zero-order chi connectivity index (χ0) is 9.26. The van der Waals surface area contributed by atoms with Gasteiger partial charge in [-0.3, -0.25) is 0 Å². The molecule has 0 atom stereocenters. The molecule has 0 aliphatic heterocycles. The van der Waals surface area contributed by atoms with Gasteiger partial charge in [-0.25, -0.2) is 9.97 Å². The lowest BCUT2D eigenvalue weighted by atomic mass is 10.2. The molecule has 3 nitrogen and oxygen atoms in total. The Balaban J connectivity index is 2.72. The molecule has 0 fully saturated rings. The molecule has 2 aromatic rings. The summed E-state index contributed by atoms with van der Waals surface area (Å²) in [6.07, 6.45) is 1.63. The normalized spacial score (nSPS) is 10.3. The van der Waals surface area contributed by atoms with Crippen molar-refractivity contribution in [1.82, 2.24) is 9.97 Å². The van der Waals surface area contributed by atoms with Crippen molar-refractivity contribution in [1.29, 1.82) is 0 Å². The summed E-state index contributed by atoms with van der Waals surface area (Å²) >= 11 is 0. The van der Waals surface area contributed by atoms with Crippen molar-refractivity contribution in [2.75, 3.05) is 7.11 Å². The predicted molar refractivity (Wildman–Crippen MR) is 50.8 cm³/mol. The van der Waals surface area contributed by atoms with E-state index in [0.29, 0.717) is 5.88 Å². The Labute approximate surface area is 76.4 Å². The van der Waals surface area contributed by atoms with E-state index in [9.17, 15) is 0 Å². The fraction of sp³-hybridized carbons (Fsp3) is 0.200. The van der Waals surface area contributed by atoms with Gasteiger partial charge in [0.05, 0.1) is 24.3 Å². The minimum atomic E-state index is 0.554. The van der Waals surface area contributed by atoms with Gasteiger partial charge in [-0.15, -0.1) is 0 Å². The molecule has 0 N–H and O–H groups in total. The van der Waals surface area contributed by atoms with Gasteiger partial charge in [-0.2, -0.15) is 0 Å². The fourth-order valence-corrected chi connectivity index (χ4v) is 1.27. The minimum Gasteiger partial charge on any atom is -0.480 e. The molecule has 66 valence electrons. The molecule has 0 aliphatic carbocycles. The van der Waals surface area contributed by atoms with Gasteiger partial charge < -0.3 is 4.74 Å². The number of aryl methyl sites for hydroxylation is 1. The summed E-state index contributed by atoms with van der Waals surface area (Å²) in [5, 5.41) is 0. The van der Waals surface area contributed by atoms with E-state index >= 15 is 0 Å². The highest BCUT2D eigenvalue weighted by atomic mass is 16.5. The molecule has 0 spiro atoms. The SMILES string of the molecule is COc1cnc2c(C)cccc2n1. The van der Waals surface area contributed by atoms with E-state index in [-0.39, 0.29) is 0 Å². The van der Waals surface area contributed by atoms with Crippen molar-refractivity contribution < 1.29 is 4.74 Å². The van der Waals surface area contributed by atoms with Gasteiger partial charge in [0.15, 0.2) is 0 Å². The van der Waals surface area contributed by atoms with Gasteiger partial charge in [0.2, 0.25) is 5.88 Å². The third-order valence-electron chi connectivity index (χ3n) is 1.96. The summed E-state index contributed by atoms with van der Waals surface area (Å²) in [6.45, 7) is 2.02. The Kier molecular flexibility index (Phi) is 1.85. The van der Waals surface area contributed by atoms with Gasteiger partial charge in [0.25, 0.3) is 0 Å². The van der Waals surface area contributed by atoms with Gasteiger partial charge in [0.1, 0.15) is 0 Å². The molecule has 1 aromatic heterocycles. The topological polar surface area (TPSA) is 35.0 Å². The largest absolute Gasteiger partial charge is 0.480 e. The molecule has 0 aliphatic rings. The average molecular weight is 174 g/mol. The zero-order valence-electron chi connectivity index (χ0n) is 7.61. The van der Waals surface area contributed by atoms with Gasteiger partial charge in [-0.05, 0) is 18.6 Å². The number of hydrogen-bond acceptors (Lipinski definition) is 3. The summed E-state index contributed by atoms with van der Waals surface area (Å²) in [4.78, 5) is 8.53. The van der Waals surface area contributed by atoms with Crippen LogP contribution >= 0.6 is 0 Å². The standard InChI is InChI=1S/C10H10N2O/c1-7-4-3-5-8-10(7)11-6-9(12-8)13-2/h3-6H,1-2H3. The molecule has 0 bridgehead atoms. The third-order valence-corrected chi connectivity index (χ3v) is 1.96. The number of methoxy groups -OCH3 is 1. The second kappa shape index (κ2) is 3.01. The molecule has 0 radical (unpaired) electrons. The summed E-state index contributed by atoms with van der Waals surface area (Å²) < 4.78 is 4.99. The molecular formula is C10H10N2O. The van der Waals surface area contributed by atoms with E-state index in [1.54, 1.807) is 13.3 Å².